The summed E-state index contributed by atoms with van der Waals surface area (Å²) >= 11 is 0. The van der Waals surface area contributed by atoms with Gasteiger partial charge < -0.3 is 9.84 Å². The summed E-state index contributed by atoms with van der Waals surface area (Å²) in [6.07, 6.45) is 0. The number of methoxy groups -OCH3 is 1. The maximum Gasteiger partial charge on any atom is 0.294 e. The highest BCUT2D eigenvalue weighted by Gasteiger charge is 2.06. The van der Waals surface area contributed by atoms with Gasteiger partial charge in [-0.05, 0) is 19.1 Å². The third kappa shape index (κ3) is 6.52. The number of aliphatic hydroxyl groups excluding tert-OH is 1. The third-order valence-corrected chi connectivity index (χ3v) is 2.48. The Morgan fingerprint density at radius 1 is 1.25 bits per heavy atom. The van der Waals surface area contributed by atoms with Gasteiger partial charge in [-0.2, -0.15) is 8.42 Å². The first-order chi connectivity index (χ1) is 7.41. The van der Waals surface area contributed by atoms with Crippen molar-refractivity contribution in [1.29, 1.82) is 0 Å². The van der Waals surface area contributed by atoms with Gasteiger partial charge >= 0.3 is 0 Å². The van der Waals surface area contributed by atoms with Crippen LogP contribution in [0.5, 0.6) is 0 Å². The van der Waals surface area contributed by atoms with E-state index < -0.39 is 10.1 Å². The zero-order valence-electron chi connectivity index (χ0n) is 9.25. The second-order valence-electron chi connectivity index (χ2n) is 3.00. The summed E-state index contributed by atoms with van der Waals surface area (Å²) < 4.78 is 34.0. The van der Waals surface area contributed by atoms with Crippen molar-refractivity contribution in [2.75, 3.05) is 20.3 Å². The molecule has 0 aromatic heterocycles. The van der Waals surface area contributed by atoms with Crippen LogP contribution in [0.25, 0.3) is 0 Å². The van der Waals surface area contributed by atoms with Crippen LogP contribution in [0.2, 0.25) is 0 Å². The predicted molar refractivity (Wildman–Crippen MR) is 60.0 cm³/mol. The monoisotopic (exact) mass is 248 g/mol. The lowest BCUT2D eigenvalue weighted by Gasteiger charge is -1.95. The first kappa shape index (κ1) is 15.0. The zero-order valence-corrected chi connectivity index (χ0v) is 10.1. The second kappa shape index (κ2) is 7.34. The van der Waals surface area contributed by atoms with Crippen molar-refractivity contribution < 1.29 is 22.8 Å². The Balaban J connectivity index is 0.000000385. The van der Waals surface area contributed by atoms with E-state index in [-0.39, 0.29) is 11.5 Å². The molecule has 0 saturated carbocycles. The van der Waals surface area contributed by atoms with Gasteiger partial charge in [0, 0.05) is 7.11 Å². The molecule has 0 aliphatic rings. The molecule has 5 nitrogen and oxygen atoms in total. The number of rotatable bonds is 3. The van der Waals surface area contributed by atoms with Gasteiger partial charge in [-0.25, -0.2) is 0 Å². The number of benzene rings is 1. The van der Waals surface area contributed by atoms with Crippen LogP contribution < -0.4 is 0 Å². The molecule has 0 amide bonds. The zero-order chi connectivity index (χ0) is 12.6. The standard InChI is InChI=1S/C7H8O3S.C3H8O2/c1-6-2-4-7(5-3-6)11(8,9)10;1-5-3-2-4/h2-5H,1H3,(H,8,9,10);4H,2-3H2,1H3. The molecular formula is C10H16O5S. The smallest absolute Gasteiger partial charge is 0.294 e. The van der Waals surface area contributed by atoms with E-state index in [4.69, 9.17) is 9.66 Å². The molecule has 0 aliphatic carbocycles. The molecule has 2 N–H and O–H groups in total. The fourth-order valence-electron chi connectivity index (χ4n) is 0.802. The third-order valence-electron chi connectivity index (χ3n) is 1.61. The molecule has 92 valence electrons. The largest absolute Gasteiger partial charge is 0.394 e. The topological polar surface area (TPSA) is 83.8 Å². The van der Waals surface area contributed by atoms with Crippen molar-refractivity contribution in [3.05, 3.63) is 29.8 Å². The summed E-state index contributed by atoms with van der Waals surface area (Å²) in [6, 6.07) is 5.99. The highest BCUT2D eigenvalue weighted by molar-refractivity contribution is 7.85. The van der Waals surface area contributed by atoms with Crippen molar-refractivity contribution in [1.82, 2.24) is 0 Å². The van der Waals surface area contributed by atoms with Gasteiger partial charge in [0.25, 0.3) is 10.1 Å². The molecular weight excluding hydrogens is 232 g/mol. The molecule has 0 unspecified atom stereocenters. The lowest BCUT2D eigenvalue weighted by atomic mass is 10.2. The fourth-order valence-corrected chi connectivity index (χ4v) is 1.28. The maximum absolute atomic E-state index is 10.5. The highest BCUT2D eigenvalue weighted by Crippen LogP contribution is 2.08. The molecule has 0 saturated heterocycles. The minimum atomic E-state index is -4.02. The Labute approximate surface area is 95.4 Å². The molecule has 1 aromatic carbocycles. The summed E-state index contributed by atoms with van der Waals surface area (Å²) in [5, 5.41) is 7.94. The van der Waals surface area contributed by atoms with Crippen LogP contribution in [0.15, 0.2) is 29.2 Å². The van der Waals surface area contributed by atoms with Gasteiger partial charge in [0.15, 0.2) is 0 Å². The quantitative estimate of drug-likeness (QED) is 0.775. The number of aliphatic hydroxyl groups is 1. The summed E-state index contributed by atoms with van der Waals surface area (Å²) in [4.78, 5) is -0.0666. The summed E-state index contributed by atoms with van der Waals surface area (Å²) in [7, 11) is -2.47. The average Bonchev–Trinajstić information content (AvgIpc) is 2.19. The second-order valence-corrected chi connectivity index (χ2v) is 4.43. The van der Waals surface area contributed by atoms with Crippen molar-refractivity contribution in [3.63, 3.8) is 0 Å². The van der Waals surface area contributed by atoms with Crippen LogP contribution >= 0.6 is 0 Å². The lowest BCUT2D eigenvalue weighted by molar-refractivity contribution is 0.135. The van der Waals surface area contributed by atoms with Crippen LogP contribution in [-0.4, -0.2) is 38.4 Å². The van der Waals surface area contributed by atoms with Crippen LogP contribution in [0.3, 0.4) is 0 Å². The molecule has 16 heavy (non-hydrogen) atoms. The fraction of sp³-hybridized carbons (Fsp3) is 0.400. The van der Waals surface area contributed by atoms with E-state index >= 15 is 0 Å². The highest BCUT2D eigenvalue weighted by atomic mass is 32.2. The van der Waals surface area contributed by atoms with Gasteiger partial charge in [0.05, 0.1) is 18.1 Å². The molecule has 0 bridgehead atoms. The number of aryl methyl sites for hydroxylation is 1. The molecule has 1 aromatic rings. The SMILES string of the molecule is COCCO.Cc1ccc(S(=O)(=O)O)cc1. The van der Waals surface area contributed by atoms with E-state index in [1.54, 1.807) is 19.2 Å². The number of hydrogen-bond acceptors (Lipinski definition) is 4. The Kier molecular flexibility index (Phi) is 6.91. The number of hydrogen-bond donors (Lipinski definition) is 2. The molecule has 0 atom stereocenters. The first-order valence-corrected chi connectivity index (χ1v) is 5.99. The van der Waals surface area contributed by atoms with Crippen LogP contribution in [0.4, 0.5) is 0 Å². The van der Waals surface area contributed by atoms with Crippen LogP contribution in [0.1, 0.15) is 5.56 Å². The first-order valence-electron chi connectivity index (χ1n) is 4.55. The van der Waals surface area contributed by atoms with Gasteiger partial charge in [0.2, 0.25) is 0 Å². The molecule has 0 fully saturated rings. The van der Waals surface area contributed by atoms with E-state index in [1.165, 1.54) is 12.1 Å². The minimum Gasteiger partial charge on any atom is -0.394 e. The van der Waals surface area contributed by atoms with E-state index in [9.17, 15) is 8.42 Å². The average molecular weight is 248 g/mol. The summed E-state index contributed by atoms with van der Waals surface area (Å²) in [5.41, 5.74) is 0.956. The van der Waals surface area contributed by atoms with Crippen LogP contribution in [-0.2, 0) is 14.9 Å². The van der Waals surface area contributed by atoms with Crippen molar-refractivity contribution in [3.8, 4) is 0 Å². The lowest BCUT2D eigenvalue weighted by Crippen LogP contribution is -1.96. The Hall–Kier alpha value is -0.950. The van der Waals surface area contributed by atoms with E-state index in [0.717, 1.165) is 5.56 Å². The molecule has 0 radical (unpaired) electrons. The van der Waals surface area contributed by atoms with E-state index in [0.29, 0.717) is 6.61 Å². The van der Waals surface area contributed by atoms with Gasteiger partial charge in [-0.15, -0.1) is 0 Å². The van der Waals surface area contributed by atoms with Crippen LogP contribution in [0, 0.1) is 6.92 Å². The molecule has 0 aliphatic heterocycles. The maximum atomic E-state index is 10.5. The van der Waals surface area contributed by atoms with Gasteiger partial charge in [0.1, 0.15) is 0 Å². The Bertz CT molecular complexity index is 380. The van der Waals surface area contributed by atoms with E-state index in [1.807, 2.05) is 6.92 Å². The Morgan fingerprint density at radius 2 is 1.75 bits per heavy atom. The van der Waals surface area contributed by atoms with Gasteiger partial charge in [-0.1, -0.05) is 17.7 Å². The minimum absolute atomic E-state index is 0.0666. The Morgan fingerprint density at radius 3 is 2.00 bits per heavy atom. The van der Waals surface area contributed by atoms with Crippen molar-refractivity contribution in [2.45, 2.75) is 11.8 Å². The molecule has 0 heterocycles. The number of ether oxygens (including phenoxy) is 1. The molecule has 1 rings (SSSR count). The predicted octanol–water partition coefficient (Wildman–Crippen LogP) is 0.867. The summed E-state index contributed by atoms with van der Waals surface area (Å²) in [5.74, 6) is 0. The van der Waals surface area contributed by atoms with Crippen molar-refractivity contribution in [2.24, 2.45) is 0 Å². The molecule has 6 heteroatoms. The summed E-state index contributed by atoms with van der Waals surface area (Å²) in [6.45, 7) is 2.41. The van der Waals surface area contributed by atoms with Gasteiger partial charge in [-0.3, -0.25) is 4.55 Å². The van der Waals surface area contributed by atoms with E-state index in [2.05, 4.69) is 4.74 Å². The normalized spacial score (nSPS) is 10.5. The molecule has 0 spiro atoms. The van der Waals surface area contributed by atoms with Crippen molar-refractivity contribution >= 4 is 10.1 Å².